The Kier molecular flexibility index (Phi) is 4.01. The molecule has 1 aliphatic rings. The number of hydrogen-bond acceptors (Lipinski definition) is 0. The van der Waals surface area contributed by atoms with Crippen LogP contribution in [0.1, 0.15) is 39.5 Å². The van der Waals surface area contributed by atoms with Gasteiger partial charge >= 0.3 is 0 Å². The van der Waals surface area contributed by atoms with Crippen LogP contribution >= 0.6 is 0 Å². The molecule has 0 fully saturated rings. The van der Waals surface area contributed by atoms with Crippen molar-refractivity contribution in [1.82, 2.24) is 0 Å². The minimum atomic E-state index is 0.799. The summed E-state index contributed by atoms with van der Waals surface area (Å²) in [5, 5.41) is 0. The molecule has 0 radical (unpaired) electrons. The van der Waals surface area contributed by atoms with Crippen molar-refractivity contribution in [3.8, 4) is 0 Å². The lowest BCUT2D eigenvalue weighted by molar-refractivity contribution is 0.558. The van der Waals surface area contributed by atoms with Gasteiger partial charge in [-0.25, -0.2) is 0 Å². The molecule has 72 valence electrons. The van der Waals surface area contributed by atoms with Gasteiger partial charge in [0.15, 0.2) is 0 Å². The summed E-state index contributed by atoms with van der Waals surface area (Å²) in [5.41, 5.74) is 2.97. The molecule has 1 unspecified atom stereocenters. The smallest absolute Gasteiger partial charge is 0.0242 e. The standard InChI is InChI=1S/C13H20/c1-4-11(3)10-13-9-7-6-8-12(13)5-2/h5,7,9,11H,2,4,6,8,10H2,1,3H3. The topological polar surface area (TPSA) is 0 Å². The quantitative estimate of drug-likeness (QED) is 0.600. The number of hydrogen-bond donors (Lipinski definition) is 0. The highest BCUT2D eigenvalue weighted by Crippen LogP contribution is 2.25. The molecule has 0 amide bonds. The van der Waals surface area contributed by atoms with Crippen molar-refractivity contribution in [1.29, 1.82) is 0 Å². The second-order valence-electron chi connectivity index (χ2n) is 3.91. The van der Waals surface area contributed by atoms with Crippen LogP contribution in [-0.4, -0.2) is 0 Å². The summed E-state index contributed by atoms with van der Waals surface area (Å²) in [6, 6.07) is 0. The van der Waals surface area contributed by atoms with Gasteiger partial charge in [-0.1, -0.05) is 45.1 Å². The molecule has 0 saturated heterocycles. The zero-order chi connectivity index (χ0) is 9.68. The predicted molar refractivity (Wildman–Crippen MR) is 59.7 cm³/mol. The van der Waals surface area contributed by atoms with Crippen molar-refractivity contribution in [2.45, 2.75) is 39.5 Å². The SMILES string of the molecule is C=CC1=C(CC(C)CC)C=CCC1. The van der Waals surface area contributed by atoms with Gasteiger partial charge in [0, 0.05) is 0 Å². The van der Waals surface area contributed by atoms with Crippen LogP contribution in [0.25, 0.3) is 0 Å². The van der Waals surface area contributed by atoms with Crippen LogP contribution in [0.15, 0.2) is 36.0 Å². The molecule has 0 aliphatic heterocycles. The molecule has 0 spiro atoms. The molecule has 0 N–H and O–H groups in total. The summed E-state index contributed by atoms with van der Waals surface area (Å²) >= 11 is 0. The Hall–Kier alpha value is -0.780. The summed E-state index contributed by atoms with van der Waals surface area (Å²) in [6.07, 6.45) is 11.5. The Bertz CT molecular complexity index is 230. The minimum Gasteiger partial charge on any atom is -0.0988 e. The molecule has 13 heavy (non-hydrogen) atoms. The lowest BCUT2D eigenvalue weighted by atomic mass is 9.90. The molecule has 0 bridgehead atoms. The Labute approximate surface area is 82.0 Å². The molecule has 0 nitrogen and oxygen atoms in total. The van der Waals surface area contributed by atoms with E-state index in [9.17, 15) is 0 Å². The Morgan fingerprint density at radius 2 is 2.38 bits per heavy atom. The normalized spacial score (nSPS) is 18.9. The van der Waals surface area contributed by atoms with E-state index < -0.39 is 0 Å². The van der Waals surface area contributed by atoms with Crippen LogP contribution in [0.4, 0.5) is 0 Å². The van der Waals surface area contributed by atoms with Crippen LogP contribution < -0.4 is 0 Å². The third-order valence-corrected chi connectivity index (χ3v) is 2.82. The van der Waals surface area contributed by atoms with E-state index in [0.717, 1.165) is 5.92 Å². The number of rotatable bonds is 4. The average molecular weight is 176 g/mol. The van der Waals surface area contributed by atoms with Gasteiger partial charge in [-0.2, -0.15) is 0 Å². The zero-order valence-corrected chi connectivity index (χ0v) is 8.84. The van der Waals surface area contributed by atoms with Gasteiger partial charge in [0.1, 0.15) is 0 Å². The van der Waals surface area contributed by atoms with Crippen molar-refractivity contribution in [2.75, 3.05) is 0 Å². The second-order valence-corrected chi connectivity index (χ2v) is 3.91. The van der Waals surface area contributed by atoms with Crippen LogP contribution in [-0.2, 0) is 0 Å². The fourth-order valence-electron chi connectivity index (χ4n) is 1.68. The van der Waals surface area contributed by atoms with Crippen LogP contribution in [0.3, 0.4) is 0 Å². The lowest BCUT2D eigenvalue weighted by Gasteiger charge is -2.16. The summed E-state index contributed by atoms with van der Waals surface area (Å²) < 4.78 is 0. The zero-order valence-electron chi connectivity index (χ0n) is 8.84. The maximum Gasteiger partial charge on any atom is -0.0242 e. The first-order valence-corrected chi connectivity index (χ1v) is 5.29. The molecule has 0 aromatic carbocycles. The highest BCUT2D eigenvalue weighted by Gasteiger charge is 2.08. The monoisotopic (exact) mass is 176 g/mol. The third kappa shape index (κ3) is 2.87. The maximum atomic E-state index is 3.88. The molecule has 0 saturated carbocycles. The largest absolute Gasteiger partial charge is 0.0988 e. The average Bonchev–Trinajstić information content (AvgIpc) is 2.18. The second kappa shape index (κ2) is 5.06. The van der Waals surface area contributed by atoms with Crippen LogP contribution in [0, 0.1) is 5.92 Å². The van der Waals surface area contributed by atoms with Gasteiger partial charge < -0.3 is 0 Å². The third-order valence-electron chi connectivity index (χ3n) is 2.82. The van der Waals surface area contributed by atoms with E-state index >= 15 is 0 Å². The number of allylic oxidation sites excluding steroid dienone is 5. The highest BCUT2D eigenvalue weighted by molar-refractivity contribution is 5.35. The lowest BCUT2D eigenvalue weighted by Crippen LogP contribution is -1.99. The van der Waals surface area contributed by atoms with Crippen molar-refractivity contribution < 1.29 is 0 Å². The van der Waals surface area contributed by atoms with Gasteiger partial charge in [-0.05, 0) is 36.3 Å². The van der Waals surface area contributed by atoms with Crippen molar-refractivity contribution in [3.63, 3.8) is 0 Å². The van der Waals surface area contributed by atoms with E-state index in [4.69, 9.17) is 0 Å². The van der Waals surface area contributed by atoms with Crippen molar-refractivity contribution in [2.24, 2.45) is 5.92 Å². The molecule has 0 aromatic rings. The summed E-state index contributed by atoms with van der Waals surface area (Å²) in [4.78, 5) is 0. The van der Waals surface area contributed by atoms with E-state index in [1.165, 1.54) is 36.8 Å². The van der Waals surface area contributed by atoms with Gasteiger partial charge in [-0.15, -0.1) is 0 Å². The van der Waals surface area contributed by atoms with Gasteiger partial charge in [0.25, 0.3) is 0 Å². The maximum absolute atomic E-state index is 3.88. The first-order valence-electron chi connectivity index (χ1n) is 5.29. The fourth-order valence-corrected chi connectivity index (χ4v) is 1.68. The molecule has 0 aromatic heterocycles. The van der Waals surface area contributed by atoms with E-state index in [0.29, 0.717) is 0 Å². The molecular weight excluding hydrogens is 156 g/mol. The van der Waals surface area contributed by atoms with Gasteiger partial charge in [-0.3, -0.25) is 0 Å². The first-order chi connectivity index (χ1) is 6.27. The van der Waals surface area contributed by atoms with Crippen LogP contribution in [0.5, 0.6) is 0 Å². The summed E-state index contributed by atoms with van der Waals surface area (Å²) in [7, 11) is 0. The molecule has 0 heterocycles. The Morgan fingerprint density at radius 1 is 1.62 bits per heavy atom. The first kappa shape index (κ1) is 10.3. The molecule has 0 heteroatoms. The van der Waals surface area contributed by atoms with Gasteiger partial charge in [0.05, 0.1) is 0 Å². The van der Waals surface area contributed by atoms with E-state index in [1.807, 2.05) is 6.08 Å². The van der Waals surface area contributed by atoms with Crippen molar-refractivity contribution in [3.05, 3.63) is 36.0 Å². The van der Waals surface area contributed by atoms with Gasteiger partial charge in [0.2, 0.25) is 0 Å². The summed E-state index contributed by atoms with van der Waals surface area (Å²) in [6.45, 7) is 8.45. The Morgan fingerprint density at radius 3 is 3.00 bits per heavy atom. The van der Waals surface area contributed by atoms with E-state index in [-0.39, 0.29) is 0 Å². The highest BCUT2D eigenvalue weighted by atomic mass is 14.1. The van der Waals surface area contributed by atoms with Crippen molar-refractivity contribution >= 4 is 0 Å². The van der Waals surface area contributed by atoms with E-state index in [2.05, 4.69) is 32.6 Å². The Balaban J connectivity index is 2.68. The molecule has 1 rings (SSSR count). The molecule has 1 atom stereocenters. The molecule has 1 aliphatic carbocycles. The van der Waals surface area contributed by atoms with E-state index in [1.54, 1.807) is 0 Å². The predicted octanol–water partition coefficient (Wildman–Crippen LogP) is 4.26. The van der Waals surface area contributed by atoms with Crippen LogP contribution in [0.2, 0.25) is 0 Å². The minimum absolute atomic E-state index is 0.799. The fraction of sp³-hybridized carbons (Fsp3) is 0.538. The summed E-state index contributed by atoms with van der Waals surface area (Å²) in [5.74, 6) is 0.799. The molecular formula is C13H20.